The van der Waals surface area contributed by atoms with Gasteiger partial charge in [0.1, 0.15) is 159 Å². The molecule has 7 aliphatic heterocycles. The van der Waals surface area contributed by atoms with Gasteiger partial charge in [0, 0.05) is 46.5 Å². The molecule has 14 unspecified atom stereocenters. The number of rotatable bonds is 65. The van der Waals surface area contributed by atoms with E-state index in [1.165, 1.54) is 70.3 Å². The van der Waals surface area contributed by atoms with Crippen molar-refractivity contribution in [2.24, 2.45) is 0 Å². The minimum atomic E-state index is -3.88. The predicted molar refractivity (Wildman–Crippen MR) is 493 cm³/mol. The number of carboxylic acid groups (broad SMARTS) is 3. The highest BCUT2D eigenvalue weighted by molar-refractivity contribution is 5.79. The van der Waals surface area contributed by atoms with E-state index in [4.69, 9.17) is 66.3 Å². The Labute approximate surface area is 844 Å². The van der Waals surface area contributed by atoms with Crippen LogP contribution in [-0.2, 0) is 105 Å². The molecule has 40 atom stereocenters. The van der Waals surface area contributed by atoms with E-state index in [0.29, 0.717) is 19.3 Å². The monoisotopic (exact) mass is 2120 g/mol. The van der Waals surface area contributed by atoms with Gasteiger partial charge in [0.15, 0.2) is 25.2 Å². The fraction of sp³-hybridized carbons (Fsp3) is 0.892. The molecule has 7 aliphatic rings. The van der Waals surface area contributed by atoms with Crippen LogP contribution in [0.4, 0.5) is 0 Å². The van der Waals surface area contributed by atoms with Crippen molar-refractivity contribution in [2.75, 3.05) is 59.5 Å². The molecule has 0 aromatic carbocycles. The number of carboxylic acids is 3. The molecule has 5 amide bonds. The van der Waals surface area contributed by atoms with E-state index in [2.05, 4.69) is 35.1 Å². The van der Waals surface area contributed by atoms with Gasteiger partial charge < -0.3 is 226 Å². The van der Waals surface area contributed by atoms with Gasteiger partial charge in [0.2, 0.25) is 29.5 Å². The van der Waals surface area contributed by atoms with Crippen molar-refractivity contribution in [3.63, 3.8) is 0 Å². The van der Waals surface area contributed by atoms with Crippen LogP contribution in [0.2, 0.25) is 0 Å². The molecule has 7 fully saturated rings. The Morgan fingerprint density at radius 1 is 0.390 bits per heavy atom. The van der Waals surface area contributed by atoms with E-state index >= 15 is 0 Å². The molecule has 846 valence electrons. The van der Waals surface area contributed by atoms with Crippen LogP contribution < -0.4 is 26.6 Å². The van der Waals surface area contributed by atoms with Crippen molar-refractivity contribution in [1.29, 1.82) is 0 Å². The van der Waals surface area contributed by atoms with Crippen LogP contribution in [0.15, 0.2) is 12.2 Å². The van der Waals surface area contributed by atoms with Crippen LogP contribution >= 0.6 is 0 Å². The van der Waals surface area contributed by atoms with Gasteiger partial charge in [-0.05, 0) is 19.3 Å². The minimum Gasteiger partial charge on any atom is -0.477 e. The number of carbonyl (C=O) groups is 8. The van der Waals surface area contributed by atoms with Crippen LogP contribution in [0.25, 0.3) is 0 Å². The highest BCUT2D eigenvalue weighted by Gasteiger charge is 2.66. The third kappa shape index (κ3) is 35.3. The summed E-state index contributed by atoms with van der Waals surface area (Å²) in [5, 5.41) is 307. The number of aliphatic carboxylic acids is 3. The first kappa shape index (κ1) is 127. The number of allylic oxidation sites excluding steroid dienone is 1. The molecule has 146 heavy (non-hydrogen) atoms. The summed E-state index contributed by atoms with van der Waals surface area (Å²) in [4.78, 5) is 108. The number of aliphatic hydroxyl groups is 23. The second kappa shape index (κ2) is 62.4. The smallest absolute Gasteiger partial charge is 0.364 e. The molecular weight excluding hydrogens is 1960 g/mol. The maximum atomic E-state index is 14.7. The Morgan fingerprint density at radius 3 is 1.27 bits per heavy atom. The molecule has 0 saturated carbocycles. The zero-order valence-corrected chi connectivity index (χ0v) is 83.0. The summed E-state index contributed by atoms with van der Waals surface area (Å²) in [5.74, 6) is -22.8. The first-order valence-corrected chi connectivity index (χ1v) is 50.5. The second-order valence-corrected chi connectivity index (χ2v) is 38.6. The molecule has 7 heterocycles. The first-order chi connectivity index (χ1) is 69.4. The lowest BCUT2D eigenvalue weighted by molar-refractivity contribution is -0.405. The average Bonchev–Trinajstić information content (AvgIpc) is 0.744. The molecule has 31 N–H and O–H groups in total. The molecule has 7 saturated heterocycles. The summed E-state index contributed by atoms with van der Waals surface area (Å²) < 4.78 is 84.8. The Bertz CT molecular complexity index is 3900. The second-order valence-electron chi connectivity index (χ2n) is 38.6. The van der Waals surface area contributed by atoms with Crippen LogP contribution in [0, 0.1) is 0 Å². The van der Waals surface area contributed by atoms with Crippen molar-refractivity contribution in [1.82, 2.24) is 26.6 Å². The Balaban J connectivity index is 1.32. The molecule has 53 heteroatoms. The number of hydrogen-bond acceptors (Lipinski definition) is 45. The summed E-state index contributed by atoms with van der Waals surface area (Å²) in [5.41, 5.74) is 0. The number of hydrogen-bond donors (Lipinski definition) is 31. The average molecular weight is 2120 g/mol. The topological polar surface area (TPSA) is 852 Å². The minimum absolute atomic E-state index is 0.0314. The fourth-order valence-electron chi connectivity index (χ4n) is 19.0. The van der Waals surface area contributed by atoms with Crippen LogP contribution in [0.5, 0.6) is 0 Å². The van der Waals surface area contributed by atoms with Gasteiger partial charge in [-0.25, -0.2) is 14.4 Å². The van der Waals surface area contributed by atoms with Crippen molar-refractivity contribution in [2.45, 2.75) is 464 Å². The van der Waals surface area contributed by atoms with E-state index in [1.807, 2.05) is 5.32 Å². The molecule has 0 aromatic rings. The normalized spacial score (nSPS) is 35.7. The molecule has 53 nitrogen and oxygen atoms in total. The van der Waals surface area contributed by atoms with Gasteiger partial charge in [-0.3, -0.25) is 24.0 Å². The van der Waals surface area contributed by atoms with E-state index in [-0.39, 0.29) is 6.42 Å². The van der Waals surface area contributed by atoms with E-state index in [1.54, 1.807) is 6.08 Å². The lowest BCUT2D eigenvalue weighted by Crippen LogP contribution is -2.73. The SMILES string of the molecule is CCCCCCCCCCCCC/C=C/[C@@H](O)[C@H](CO[C@@H]1OC(CO)[C@@H](O[C@@H]2OC(CO)[C@H](O[C@@H]3OC(CO[C@]4(C(=O)O)CC(O)[C@@H](NC(C)=O)C([C@H](O)[C@H](O)CO)O4)[C@H](O)[C@H](O[C@@H]4OC(CO)[C@H](O)[C@H](O)C4O)C3NC(C)=O)[C@H](O[C@]3(C(=O)O)CC(O)[C@@H](NC(C)=O)C([C@H](O)[C@@H](CO)O[C@]4(C(=O)O)CC(O)[C@@H](NC(=O)CO)C([C@H](O)[C@H](O)CO)O4)O3)C2O)[C@H](O)C1O)NC(=O)CCCCCCCCCCCCCCC. The van der Waals surface area contributed by atoms with E-state index in [0.717, 1.165) is 97.8 Å². The number of aliphatic hydroxyl groups excluding tert-OH is 23. The highest BCUT2D eigenvalue weighted by atomic mass is 16.8. The molecule has 0 aromatic heterocycles. The summed E-state index contributed by atoms with van der Waals surface area (Å²) in [6, 6.07) is -9.70. The molecule has 0 bridgehead atoms. The Kier molecular flexibility index (Phi) is 54.2. The van der Waals surface area contributed by atoms with Crippen LogP contribution in [0.3, 0.4) is 0 Å². The third-order valence-electron chi connectivity index (χ3n) is 27.2. The van der Waals surface area contributed by atoms with E-state index in [9.17, 15) is 171 Å². The van der Waals surface area contributed by atoms with Crippen LogP contribution in [0.1, 0.15) is 221 Å². The van der Waals surface area contributed by atoms with Crippen molar-refractivity contribution in [3.8, 4) is 0 Å². The lowest BCUT2D eigenvalue weighted by atomic mass is 9.87. The summed E-state index contributed by atoms with van der Waals surface area (Å²) >= 11 is 0. The van der Waals surface area contributed by atoms with Crippen molar-refractivity contribution < 1.29 is 237 Å². The highest BCUT2D eigenvalue weighted by Crippen LogP contribution is 2.45. The maximum Gasteiger partial charge on any atom is 0.364 e. The summed E-state index contributed by atoms with van der Waals surface area (Å²) in [6.45, 7) is -4.83. The Morgan fingerprint density at radius 2 is 0.795 bits per heavy atom. The van der Waals surface area contributed by atoms with Crippen molar-refractivity contribution in [3.05, 3.63) is 12.2 Å². The zero-order valence-electron chi connectivity index (χ0n) is 83.0. The number of amides is 5. The molecule has 0 aliphatic carbocycles. The lowest BCUT2D eigenvalue weighted by Gasteiger charge is -2.53. The molecular formula is C93H161N5O48. The van der Waals surface area contributed by atoms with Gasteiger partial charge in [-0.15, -0.1) is 0 Å². The number of carbonyl (C=O) groups excluding carboxylic acids is 5. The number of ether oxygens (including phenoxy) is 14. The van der Waals surface area contributed by atoms with Crippen LogP contribution in [-0.4, -0.2) is 483 Å². The number of nitrogens with one attached hydrogen (secondary N) is 5. The summed E-state index contributed by atoms with van der Waals surface area (Å²) in [6.07, 6.45) is -52.0. The van der Waals surface area contributed by atoms with Gasteiger partial charge in [0.25, 0.3) is 17.4 Å². The largest absolute Gasteiger partial charge is 0.477 e. The molecule has 0 radical (unpaired) electrons. The molecule has 0 spiro atoms. The standard InChI is InChI=1S/C93H161N5O48/c1-6-8-10-12-14-16-18-20-22-24-26-28-30-32-50(109)49(97-61(115)33-31-29-27-25-23-21-19-17-15-13-11-9-7-2)44-133-85-75(125)73(123)77(58(41-103)136-85)139-87-76(126)83(146-93(90(131)132)36-52(111)64(95-47(4)107)82(145-93)70(120)57(40-102)142-92(89(129)130)35-53(112)65(98-62(116)43-105)81(144-92)68(118)55(114)38-100)78(59(42-104)137-87)140-84-66(96-48(5)108)79(141-86-74(124)72(122)69(119)56(39-101)135-86)71(121)60(138-84)45-134-91(88(127)128)34-51(110)63(94-46(3)106)80(143-91)67(117)54(113)37-99/h30,32,49-60,63-87,99-105,109-114,117-126H,6-29,31,33-45H2,1-5H3,(H,94,106)(H,95,107)(H,96,108)(H,97,115)(H,98,116)(H,127,128)(H,129,130)(H,131,132)/b32-30+/t49-,50+,51?,52?,53?,54+,55+,56?,57+,58?,59?,60?,63+,64+,65+,66?,67+,68+,69-,70+,71-,72-,73+,74?,75?,76?,77+,78-,79+,80?,81?,82?,83+,84-,85+,86-,87-,91+,92+,93-/m0/s1. The van der Waals surface area contributed by atoms with Gasteiger partial charge in [-0.2, -0.15) is 0 Å². The maximum absolute atomic E-state index is 14.7. The molecule has 7 rings (SSSR count). The van der Waals surface area contributed by atoms with Gasteiger partial charge >= 0.3 is 17.9 Å². The zero-order chi connectivity index (χ0) is 108. The Hall–Kier alpha value is -5.98. The quantitative estimate of drug-likeness (QED) is 0.0199. The fourth-order valence-corrected chi connectivity index (χ4v) is 19.0. The predicted octanol–water partition coefficient (Wildman–Crippen LogP) is -8.50. The summed E-state index contributed by atoms with van der Waals surface area (Å²) in [7, 11) is 0. The first-order valence-electron chi connectivity index (χ1n) is 50.5. The van der Waals surface area contributed by atoms with Crippen molar-refractivity contribution >= 4 is 47.4 Å². The third-order valence-corrected chi connectivity index (χ3v) is 27.2. The van der Waals surface area contributed by atoms with Gasteiger partial charge in [0.05, 0.1) is 101 Å². The number of unbranched alkanes of at least 4 members (excludes halogenated alkanes) is 23. The van der Waals surface area contributed by atoms with Gasteiger partial charge in [-0.1, -0.05) is 167 Å². The van der Waals surface area contributed by atoms with E-state index < -0.39 is 370 Å².